The third-order valence-corrected chi connectivity index (χ3v) is 5.28. The summed E-state index contributed by atoms with van der Waals surface area (Å²) in [4.78, 5) is 0. The molecule has 0 atom stereocenters. The third kappa shape index (κ3) is 6.59. The van der Waals surface area contributed by atoms with Crippen molar-refractivity contribution >= 4 is 11.4 Å². The van der Waals surface area contributed by atoms with Crippen molar-refractivity contribution in [2.75, 3.05) is 0 Å². The summed E-state index contributed by atoms with van der Waals surface area (Å²) in [5.74, 6) is 0. The van der Waals surface area contributed by atoms with Crippen LogP contribution in [0.2, 0.25) is 0 Å². The van der Waals surface area contributed by atoms with E-state index in [0.29, 0.717) is 0 Å². The standard InChI is InChI=1S/C25H30N2.2CH3.Pd/c1-4-6-8-20-10-14-22(15-11-20)24-18-19(3)25(27(24)26)23-16-12-21(13-17-23)9-7-5-2;;;/h10-18H,4-9H2,1-3H3;2*1H3;/q;2*-1;+2. The predicted octanol–water partition coefficient (Wildman–Crippen LogP) is 8.09. The Balaban J connectivity index is 0.00000280. The molecule has 30 heavy (non-hydrogen) atoms. The van der Waals surface area contributed by atoms with Crippen LogP contribution in [0, 0.1) is 14.9 Å². The van der Waals surface area contributed by atoms with Gasteiger partial charge >= 0.3 is 20.4 Å². The van der Waals surface area contributed by atoms with Crippen LogP contribution in [0.1, 0.15) is 68.7 Å². The van der Waals surface area contributed by atoms with Crippen LogP contribution in [0.25, 0.3) is 16.9 Å². The minimum atomic E-state index is 0. The van der Waals surface area contributed by atoms with Gasteiger partial charge in [0.15, 0.2) is 0 Å². The first-order valence-corrected chi connectivity index (χ1v) is 10.2. The Labute approximate surface area is 198 Å². The van der Waals surface area contributed by atoms with Crippen molar-refractivity contribution in [1.29, 1.82) is 0 Å². The van der Waals surface area contributed by atoms with E-state index in [0.717, 1.165) is 40.9 Å². The molecule has 0 saturated heterocycles. The largest absolute Gasteiger partial charge is 2.00 e. The fraction of sp³-hybridized carbons (Fsp3) is 0.333. The van der Waals surface area contributed by atoms with Crippen molar-refractivity contribution in [3.63, 3.8) is 0 Å². The maximum absolute atomic E-state index is 10.9. The molecule has 0 spiro atoms. The molecule has 2 aromatic rings. The van der Waals surface area contributed by atoms with Gasteiger partial charge in [-0.05, 0) is 68.0 Å². The van der Waals surface area contributed by atoms with Crippen molar-refractivity contribution in [1.82, 2.24) is 0 Å². The van der Waals surface area contributed by atoms with Crippen molar-refractivity contribution in [3.05, 3.63) is 103 Å². The van der Waals surface area contributed by atoms with Gasteiger partial charge in [-0.25, -0.2) is 4.70 Å². The first kappa shape index (κ1) is 28.2. The smallest absolute Gasteiger partial charge is 0.493 e. The van der Waals surface area contributed by atoms with Crippen LogP contribution in [0.3, 0.4) is 0 Å². The first-order chi connectivity index (χ1) is 13.1. The minimum absolute atomic E-state index is 0. The van der Waals surface area contributed by atoms with Gasteiger partial charge in [-0.1, -0.05) is 51.0 Å². The fourth-order valence-electron chi connectivity index (χ4n) is 3.61. The molecule has 3 heteroatoms. The Morgan fingerprint density at radius 2 is 1.17 bits per heavy atom. The van der Waals surface area contributed by atoms with Crippen LogP contribution in [-0.4, -0.2) is 4.70 Å². The second-order valence-electron chi connectivity index (χ2n) is 7.47. The molecule has 0 fully saturated rings. The van der Waals surface area contributed by atoms with Crippen LogP contribution < -0.4 is 0 Å². The predicted molar refractivity (Wildman–Crippen MR) is 127 cm³/mol. The van der Waals surface area contributed by atoms with Gasteiger partial charge in [-0.2, -0.15) is 0 Å². The summed E-state index contributed by atoms with van der Waals surface area (Å²) in [6.45, 7) is 6.49. The van der Waals surface area contributed by atoms with Gasteiger partial charge in [0.1, 0.15) is 0 Å². The van der Waals surface area contributed by atoms with Gasteiger partial charge in [0.2, 0.25) is 11.4 Å². The molecule has 0 aliphatic carbocycles. The van der Waals surface area contributed by atoms with Gasteiger partial charge in [0, 0.05) is 22.8 Å². The molecule has 0 radical (unpaired) electrons. The van der Waals surface area contributed by atoms with Gasteiger partial charge in [0.25, 0.3) is 0 Å². The van der Waals surface area contributed by atoms with E-state index in [4.69, 9.17) is 0 Å². The van der Waals surface area contributed by atoms with E-state index in [1.165, 1.54) is 41.5 Å². The summed E-state index contributed by atoms with van der Waals surface area (Å²) in [5.41, 5.74) is 18.5. The first-order valence-electron chi connectivity index (χ1n) is 10.2. The fourth-order valence-corrected chi connectivity index (χ4v) is 3.61. The normalized spacial score (nSPS) is 12.6. The number of unbranched alkanes of at least 4 members (excludes halogenated alkanes) is 2. The van der Waals surface area contributed by atoms with Gasteiger partial charge in [0.05, 0.1) is 0 Å². The zero-order valence-corrected chi connectivity index (χ0v) is 20.7. The van der Waals surface area contributed by atoms with E-state index >= 15 is 0 Å². The molecule has 164 valence electrons. The van der Waals surface area contributed by atoms with E-state index in [1.54, 1.807) is 0 Å². The average Bonchev–Trinajstić information content (AvgIpc) is 3.00. The molecule has 2 nitrogen and oxygen atoms in total. The molecule has 0 N–H and O–H groups in total. The summed E-state index contributed by atoms with van der Waals surface area (Å²) < 4.78 is 1.34. The van der Waals surface area contributed by atoms with Crippen molar-refractivity contribution in [2.45, 2.75) is 59.3 Å². The molecule has 0 saturated carbocycles. The van der Waals surface area contributed by atoms with Gasteiger partial charge < -0.3 is 20.4 Å². The van der Waals surface area contributed by atoms with Crippen LogP contribution in [0.5, 0.6) is 0 Å². The van der Waals surface area contributed by atoms with Crippen LogP contribution in [0.4, 0.5) is 0 Å². The summed E-state index contributed by atoms with van der Waals surface area (Å²) in [7, 11) is 0. The molecule has 3 rings (SSSR count). The second-order valence-corrected chi connectivity index (χ2v) is 7.47. The molecule has 1 aliphatic heterocycles. The van der Waals surface area contributed by atoms with E-state index < -0.39 is 0 Å². The van der Waals surface area contributed by atoms with Crippen molar-refractivity contribution in [3.8, 4) is 0 Å². The monoisotopic (exact) mass is 494 g/mol. The summed E-state index contributed by atoms with van der Waals surface area (Å²) in [6.07, 6.45) is 9.15. The van der Waals surface area contributed by atoms with Crippen molar-refractivity contribution < 1.29 is 25.1 Å². The SMILES string of the molecule is CCCCc1ccc(C2=CC(C)=C(c3ccc(CCCC)cc3)[N+]2=[N-])cc1.[CH3-].[CH3-].[Pd+2]. The number of hydrogen-bond acceptors (Lipinski definition) is 0. The van der Waals surface area contributed by atoms with E-state index in [2.05, 4.69) is 75.4 Å². The van der Waals surface area contributed by atoms with E-state index in [9.17, 15) is 5.53 Å². The number of allylic oxidation sites excluding steroid dienone is 2. The molecular formula is C27H36N2Pd. The quantitative estimate of drug-likeness (QED) is 0.201. The molecule has 1 aliphatic rings. The van der Waals surface area contributed by atoms with Crippen LogP contribution in [0.15, 0.2) is 60.2 Å². The van der Waals surface area contributed by atoms with E-state index in [-0.39, 0.29) is 35.3 Å². The molecule has 0 aromatic heterocycles. The topological polar surface area (TPSA) is 25.3 Å². The molecule has 0 unspecified atom stereocenters. The Kier molecular flexibility index (Phi) is 12.7. The number of benzene rings is 2. The molecule has 1 heterocycles. The van der Waals surface area contributed by atoms with Crippen molar-refractivity contribution in [2.24, 2.45) is 0 Å². The Hall–Kier alpha value is -1.82. The number of nitrogens with zero attached hydrogens (tertiary/aromatic N) is 2. The zero-order chi connectivity index (χ0) is 19.2. The summed E-state index contributed by atoms with van der Waals surface area (Å²) in [6, 6.07) is 17.2. The molecule has 2 aromatic carbocycles. The third-order valence-electron chi connectivity index (χ3n) is 5.28. The van der Waals surface area contributed by atoms with Gasteiger partial charge in [-0.15, -0.1) is 0 Å². The summed E-state index contributed by atoms with van der Waals surface area (Å²) >= 11 is 0. The van der Waals surface area contributed by atoms with E-state index in [1.807, 2.05) is 0 Å². The van der Waals surface area contributed by atoms with Gasteiger partial charge in [-0.3, -0.25) is 0 Å². The Bertz CT molecular complexity index is 859. The Morgan fingerprint density at radius 3 is 1.60 bits per heavy atom. The maximum atomic E-state index is 10.9. The number of hydrogen-bond donors (Lipinski definition) is 0. The van der Waals surface area contributed by atoms with Crippen LogP contribution in [-0.2, 0) is 33.3 Å². The zero-order valence-electron chi connectivity index (χ0n) is 19.1. The average molecular weight is 495 g/mol. The van der Waals surface area contributed by atoms with Crippen LogP contribution >= 0.6 is 0 Å². The molecular weight excluding hydrogens is 459 g/mol. The number of aryl methyl sites for hydroxylation is 2. The number of rotatable bonds is 8. The molecule has 0 bridgehead atoms. The second kappa shape index (κ2) is 13.5. The summed E-state index contributed by atoms with van der Waals surface area (Å²) in [5, 5.41) is 0. The minimum Gasteiger partial charge on any atom is -0.493 e. The Morgan fingerprint density at radius 1 is 0.733 bits per heavy atom. The molecule has 0 amide bonds. The maximum Gasteiger partial charge on any atom is 2.00 e.